The number of carbonyl (C=O) groups excluding carboxylic acids is 1. The van der Waals surface area contributed by atoms with Crippen LogP contribution in [-0.2, 0) is 16.0 Å². The number of hydrogen-bond acceptors (Lipinski definition) is 3. The summed E-state index contributed by atoms with van der Waals surface area (Å²) in [7, 11) is 1.25. The Hall–Kier alpha value is -1.45. The quantitative estimate of drug-likeness (QED) is 0.315. The minimum atomic E-state index is -0.601. The summed E-state index contributed by atoms with van der Waals surface area (Å²) in [5.74, 6) is -0.601. The minimum Gasteiger partial charge on any atom is -0.460 e. The summed E-state index contributed by atoms with van der Waals surface area (Å²) in [6.07, 6.45) is 0.306. The van der Waals surface area contributed by atoms with Gasteiger partial charge in [0.05, 0.1) is 13.5 Å². The highest BCUT2D eigenvalue weighted by molar-refractivity contribution is 7.10. The SMILES string of the molecule is COC(=O)C(Cc1cccs1)=[N+]=[N-]. The third kappa shape index (κ3) is 2.50. The molecular formula is C8H8N2O2S. The van der Waals surface area contributed by atoms with E-state index in [1.54, 1.807) is 0 Å². The summed E-state index contributed by atoms with van der Waals surface area (Å²) in [5.41, 5.74) is 8.54. The molecule has 0 amide bonds. The highest BCUT2D eigenvalue weighted by Crippen LogP contribution is 2.09. The summed E-state index contributed by atoms with van der Waals surface area (Å²) in [6, 6.07) is 3.73. The fourth-order valence-electron chi connectivity index (χ4n) is 0.844. The summed E-state index contributed by atoms with van der Waals surface area (Å²) in [4.78, 5) is 14.8. The minimum absolute atomic E-state index is 0.0185. The van der Waals surface area contributed by atoms with E-state index in [0.29, 0.717) is 6.42 Å². The lowest BCUT2D eigenvalue weighted by Crippen LogP contribution is -2.18. The lowest BCUT2D eigenvalue weighted by Gasteiger charge is -1.91. The van der Waals surface area contributed by atoms with Crippen LogP contribution in [-0.4, -0.2) is 23.6 Å². The van der Waals surface area contributed by atoms with Gasteiger partial charge in [-0.05, 0) is 11.4 Å². The largest absolute Gasteiger partial charge is 0.460 e. The van der Waals surface area contributed by atoms with Crippen LogP contribution >= 0.6 is 11.3 Å². The molecule has 13 heavy (non-hydrogen) atoms. The molecule has 0 aliphatic rings. The van der Waals surface area contributed by atoms with Crippen LogP contribution in [0.1, 0.15) is 4.88 Å². The summed E-state index contributed by atoms with van der Waals surface area (Å²) in [5, 5.41) is 1.89. The van der Waals surface area contributed by atoms with Gasteiger partial charge in [0.2, 0.25) is 0 Å². The molecule has 0 saturated carbocycles. The number of methoxy groups -OCH3 is 1. The van der Waals surface area contributed by atoms with Gasteiger partial charge in [-0.15, -0.1) is 11.3 Å². The number of thiophene rings is 1. The van der Waals surface area contributed by atoms with E-state index in [2.05, 4.69) is 9.53 Å². The van der Waals surface area contributed by atoms with Crippen molar-refractivity contribution in [1.82, 2.24) is 0 Å². The molecule has 1 heterocycles. The first kappa shape index (κ1) is 9.64. The van der Waals surface area contributed by atoms with Gasteiger partial charge < -0.3 is 10.3 Å². The molecule has 0 aliphatic heterocycles. The van der Waals surface area contributed by atoms with Crippen LogP contribution in [0.5, 0.6) is 0 Å². The van der Waals surface area contributed by atoms with Crippen molar-refractivity contribution >= 4 is 23.0 Å². The van der Waals surface area contributed by atoms with Crippen molar-refractivity contribution in [3.63, 3.8) is 0 Å². The maximum Gasteiger partial charge on any atom is 0.417 e. The molecule has 0 spiro atoms. The van der Waals surface area contributed by atoms with Gasteiger partial charge in [-0.2, -0.15) is 4.79 Å². The Labute approximate surface area is 79.4 Å². The van der Waals surface area contributed by atoms with Crippen molar-refractivity contribution in [3.05, 3.63) is 27.9 Å². The normalized spacial score (nSPS) is 9.00. The molecule has 0 N–H and O–H groups in total. The molecule has 0 aromatic carbocycles. The van der Waals surface area contributed by atoms with Crippen molar-refractivity contribution in [2.24, 2.45) is 0 Å². The summed E-state index contributed by atoms with van der Waals surface area (Å²) < 4.78 is 4.43. The third-order valence-corrected chi connectivity index (χ3v) is 2.34. The maximum atomic E-state index is 11.0. The van der Waals surface area contributed by atoms with E-state index in [0.717, 1.165) is 4.88 Å². The maximum absolute atomic E-state index is 11.0. The van der Waals surface area contributed by atoms with Gasteiger partial charge >= 0.3 is 11.7 Å². The van der Waals surface area contributed by atoms with Crippen molar-refractivity contribution in [2.45, 2.75) is 6.42 Å². The molecule has 4 nitrogen and oxygen atoms in total. The number of carbonyl (C=O) groups is 1. The molecule has 68 valence electrons. The van der Waals surface area contributed by atoms with Gasteiger partial charge in [0.15, 0.2) is 0 Å². The number of esters is 1. The lowest BCUT2D eigenvalue weighted by atomic mass is 10.2. The monoisotopic (exact) mass is 196 g/mol. The van der Waals surface area contributed by atoms with E-state index >= 15 is 0 Å². The Kier molecular flexibility index (Phi) is 3.37. The summed E-state index contributed by atoms with van der Waals surface area (Å²) >= 11 is 1.49. The Bertz CT molecular complexity index is 339. The smallest absolute Gasteiger partial charge is 0.417 e. The number of ether oxygens (including phenoxy) is 1. The fourth-order valence-corrected chi connectivity index (χ4v) is 1.55. The van der Waals surface area contributed by atoms with Crippen molar-refractivity contribution < 1.29 is 14.3 Å². The lowest BCUT2D eigenvalue weighted by molar-refractivity contribution is -0.137. The van der Waals surface area contributed by atoms with Gasteiger partial charge in [0.1, 0.15) is 0 Å². The average molecular weight is 196 g/mol. The second-order valence-electron chi connectivity index (χ2n) is 2.29. The average Bonchev–Trinajstić information content (AvgIpc) is 2.65. The van der Waals surface area contributed by atoms with Gasteiger partial charge in [-0.1, -0.05) is 6.07 Å². The Morgan fingerprint density at radius 1 is 1.77 bits per heavy atom. The molecule has 0 atom stereocenters. The second kappa shape index (κ2) is 4.54. The first-order valence-corrected chi connectivity index (χ1v) is 4.47. The van der Waals surface area contributed by atoms with Gasteiger partial charge in [-0.3, -0.25) is 0 Å². The Morgan fingerprint density at radius 2 is 2.54 bits per heavy atom. The highest BCUT2D eigenvalue weighted by atomic mass is 32.1. The van der Waals surface area contributed by atoms with E-state index in [1.165, 1.54) is 18.4 Å². The highest BCUT2D eigenvalue weighted by Gasteiger charge is 2.21. The van der Waals surface area contributed by atoms with Gasteiger partial charge in [0, 0.05) is 4.88 Å². The predicted octanol–water partition coefficient (Wildman–Crippen LogP) is 1.13. The van der Waals surface area contributed by atoms with E-state index in [4.69, 9.17) is 5.53 Å². The van der Waals surface area contributed by atoms with Crippen LogP contribution in [0.25, 0.3) is 5.53 Å². The van der Waals surface area contributed by atoms with Crippen molar-refractivity contribution in [1.29, 1.82) is 0 Å². The summed E-state index contributed by atoms with van der Waals surface area (Å²) in [6.45, 7) is 0. The molecule has 0 aliphatic carbocycles. The molecule has 0 radical (unpaired) electrons. The first-order valence-electron chi connectivity index (χ1n) is 3.59. The number of hydrogen-bond donors (Lipinski definition) is 0. The van der Waals surface area contributed by atoms with Gasteiger partial charge in [-0.25, -0.2) is 4.79 Å². The van der Waals surface area contributed by atoms with E-state index in [-0.39, 0.29) is 5.71 Å². The first-order chi connectivity index (χ1) is 6.27. The third-order valence-electron chi connectivity index (χ3n) is 1.46. The van der Waals surface area contributed by atoms with E-state index < -0.39 is 5.97 Å². The Morgan fingerprint density at radius 3 is 3.00 bits per heavy atom. The van der Waals surface area contributed by atoms with Crippen LogP contribution in [0.15, 0.2) is 17.5 Å². The predicted molar refractivity (Wildman–Crippen MR) is 48.7 cm³/mol. The van der Waals surface area contributed by atoms with E-state index in [1.807, 2.05) is 17.5 Å². The second-order valence-corrected chi connectivity index (χ2v) is 3.33. The van der Waals surface area contributed by atoms with Crippen LogP contribution in [0, 0.1) is 0 Å². The molecule has 1 aromatic rings. The number of rotatable bonds is 3. The standard InChI is InChI=1S/C8H8N2O2S/c1-12-8(11)7(10-9)5-6-3-2-4-13-6/h2-4H,5H2,1H3. The van der Waals surface area contributed by atoms with Crippen molar-refractivity contribution in [3.8, 4) is 0 Å². The van der Waals surface area contributed by atoms with E-state index in [9.17, 15) is 4.79 Å². The topological polar surface area (TPSA) is 62.7 Å². The van der Waals surface area contributed by atoms with Crippen LogP contribution < -0.4 is 0 Å². The van der Waals surface area contributed by atoms with Gasteiger partial charge in [0.25, 0.3) is 0 Å². The van der Waals surface area contributed by atoms with Crippen LogP contribution in [0.4, 0.5) is 0 Å². The molecule has 1 rings (SSSR count). The molecule has 5 heteroatoms. The molecular weight excluding hydrogens is 188 g/mol. The Balaban J connectivity index is 2.72. The zero-order valence-corrected chi connectivity index (χ0v) is 7.87. The van der Waals surface area contributed by atoms with Crippen LogP contribution in [0.2, 0.25) is 0 Å². The van der Waals surface area contributed by atoms with Crippen molar-refractivity contribution in [2.75, 3.05) is 7.11 Å². The molecule has 0 unspecified atom stereocenters. The molecule has 1 aromatic heterocycles. The molecule has 0 bridgehead atoms. The zero-order chi connectivity index (χ0) is 9.68. The fraction of sp³-hybridized carbons (Fsp3) is 0.250. The molecule has 0 fully saturated rings. The number of nitrogens with zero attached hydrogens (tertiary/aromatic N) is 2. The van der Waals surface area contributed by atoms with Crippen LogP contribution in [0.3, 0.4) is 0 Å². The molecule has 0 saturated heterocycles. The zero-order valence-electron chi connectivity index (χ0n) is 7.06.